The molecule has 1 heterocycles. The Morgan fingerprint density at radius 3 is 2.62 bits per heavy atom. The van der Waals surface area contributed by atoms with E-state index in [1.165, 1.54) is 11.3 Å². The third-order valence-corrected chi connectivity index (χ3v) is 6.42. The van der Waals surface area contributed by atoms with Gasteiger partial charge in [0.25, 0.3) is 0 Å². The highest BCUT2D eigenvalue weighted by Crippen LogP contribution is 2.20. The molecule has 1 unspecified atom stereocenters. The highest BCUT2D eigenvalue weighted by Gasteiger charge is 2.26. The van der Waals surface area contributed by atoms with Gasteiger partial charge in [0.15, 0.2) is 0 Å². The van der Waals surface area contributed by atoms with Gasteiger partial charge in [0.1, 0.15) is 11.9 Å². The van der Waals surface area contributed by atoms with Gasteiger partial charge in [0.05, 0.1) is 27.7 Å². The van der Waals surface area contributed by atoms with Crippen molar-refractivity contribution in [3.63, 3.8) is 0 Å². The number of nitrogens with one attached hydrogen (secondary N) is 2. The Hall–Kier alpha value is -2.33. The summed E-state index contributed by atoms with van der Waals surface area (Å²) in [5.74, 6) is -1.23. The van der Waals surface area contributed by atoms with Crippen LogP contribution in [0.15, 0.2) is 64.3 Å². The Morgan fingerprint density at radius 2 is 1.97 bits per heavy atom. The number of hydrogen-bond acceptors (Lipinski definition) is 5. The van der Waals surface area contributed by atoms with Gasteiger partial charge in [0.2, 0.25) is 15.9 Å². The summed E-state index contributed by atoms with van der Waals surface area (Å²) in [5, 5.41) is 4.16. The second-order valence-corrected chi connectivity index (χ2v) is 8.98. The molecule has 2 aromatic carbocycles. The average Bonchev–Trinajstić information content (AvgIpc) is 3.22. The predicted octanol–water partition coefficient (Wildman–Crippen LogP) is 3.14. The van der Waals surface area contributed by atoms with Crippen LogP contribution in [0.3, 0.4) is 0 Å². The summed E-state index contributed by atoms with van der Waals surface area (Å²) in [7, 11) is -4.11. The van der Waals surface area contributed by atoms with E-state index in [1.807, 2.05) is 6.07 Å². The van der Waals surface area contributed by atoms with Crippen LogP contribution in [-0.4, -0.2) is 25.4 Å². The van der Waals surface area contributed by atoms with E-state index in [0.717, 1.165) is 23.8 Å². The molecule has 3 rings (SSSR count). The van der Waals surface area contributed by atoms with Gasteiger partial charge in [-0.25, -0.2) is 17.8 Å². The van der Waals surface area contributed by atoms with Crippen molar-refractivity contribution in [1.82, 2.24) is 15.0 Å². The molecule has 2 N–H and O–H groups in total. The van der Waals surface area contributed by atoms with Crippen LogP contribution in [0.2, 0.25) is 5.02 Å². The third-order valence-electron chi connectivity index (χ3n) is 4.03. The molecule has 152 valence electrons. The highest BCUT2D eigenvalue weighted by molar-refractivity contribution is 7.89. The van der Waals surface area contributed by atoms with Crippen LogP contribution < -0.4 is 10.0 Å². The van der Waals surface area contributed by atoms with E-state index in [1.54, 1.807) is 35.2 Å². The summed E-state index contributed by atoms with van der Waals surface area (Å²) < 4.78 is 41.3. The lowest BCUT2D eigenvalue weighted by molar-refractivity contribution is -0.122. The summed E-state index contributed by atoms with van der Waals surface area (Å²) in [6.07, 6.45) is 0.137. The number of hydrogen-bond donors (Lipinski definition) is 2. The molecular weight excluding hydrogens is 437 g/mol. The molecule has 0 aliphatic rings. The van der Waals surface area contributed by atoms with E-state index < -0.39 is 27.8 Å². The number of aromatic nitrogens is 1. The maximum atomic E-state index is 13.4. The van der Waals surface area contributed by atoms with Crippen LogP contribution >= 0.6 is 22.9 Å². The molecule has 1 amide bonds. The molecule has 0 aliphatic heterocycles. The predicted molar refractivity (Wildman–Crippen MR) is 110 cm³/mol. The van der Waals surface area contributed by atoms with Crippen LogP contribution in [0.25, 0.3) is 0 Å². The van der Waals surface area contributed by atoms with Crippen LogP contribution in [0.1, 0.15) is 11.3 Å². The van der Waals surface area contributed by atoms with Crippen molar-refractivity contribution in [2.24, 2.45) is 0 Å². The first-order valence-corrected chi connectivity index (χ1v) is 11.3. The quantitative estimate of drug-likeness (QED) is 0.548. The number of nitrogens with zero attached hydrogens (tertiary/aromatic N) is 1. The van der Waals surface area contributed by atoms with Crippen molar-refractivity contribution >= 4 is 38.9 Å². The molecule has 0 bridgehead atoms. The van der Waals surface area contributed by atoms with Crippen LogP contribution in [0.4, 0.5) is 4.39 Å². The lowest BCUT2D eigenvalue weighted by Crippen LogP contribution is -2.47. The minimum Gasteiger partial charge on any atom is -0.349 e. The van der Waals surface area contributed by atoms with Crippen molar-refractivity contribution in [3.05, 3.63) is 81.5 Å². The fourth-order valence-electron chi connectivity index (χ4n) is 2.56. The van der Waals surface area contributed by atoms with E-state index in [9.17, 15) is 17.6 Å². The monoisotopic (exact) mass is 453 g/mol. The maximum absolute atomic E-state index is 13.4. The molecule has 0 saturated carbocycles. The molecular formula is C19H17ClFN3O3S2. The number of halogens is 2. The summed E-state index contributed by atoms with van der Waals surface area (Å²) in [6, 6.07) is 11.0. The highest BCUT2D eigenvalue weighted by atomic mass is 35.5. The number of amides is 1. The zero-order chi connectivity index (χ0) is 20.9. The summed E-state index contributed by atoms with van der Waals surface area (Å²) in [5.41, 5.74) is 3.10. The van der Waals surface area contributed by atoms with Crippen molar-refractivity contribution in [2.75, 3.05) is 0 Å². The first-order valence-electron chi connectivity index (χ1n) is 8.51. The van der Waals surface area contributed by atoms with Crippen molar-refractivity contribution in [2.45, 2.75) is 23.9 Å². The lowest BCUT2D eigenvalue weighted by Gasteiger charge is -2.19. The maximum Gasteiger partial charge on any atom is 0.241 e. The van der Waals surface area contributed by atoms with Gasteiger partial charge < -0.3 is 5.32 Å². The second kappa shape index (κ2) is 9.45. The smallest absolute Gasteiger partial charge is 0.241 e. The molecule has 0 spiro atoms. The Morgan fingerprint density at radius 1 is 1.21 bits per heavy atom. The number of carbonyl (C=O) groups is 1. The normalized spacial score (nSPS) is 12.5. The van der Waals surface area contributed by atoms with Crippen LogP contribution in [0.5, 0.6) is 0 Å². The molecule has 29 heavy (non-hydrogen) atoms. The van der Waals surface area contributed by atoms with Gasteiger partial charge in [0, 0.05) is 5.38 Å². The standard InChI is InChI=1S/C19H17ClFN3O3S2/c20-16-9-15(6-7-17(16)21)29(26,27)24-18(8-13-4-2-1-3-5-13)19(25)22-10-14-11-28-12-23-14/h1-7,9,11-12,18,24H,8,10H2,(H,22,25). The van der Waals surface area contributed by atoms with Crippen molar-refractivity contribution in [1.29, 1.82) is 0 Å². The molecule has 0 fully saturated rings. The molecule has 1 atom stereocenters. The molecule has 10 heteroatoms. The third kappa shape index (κ3) is 5.83. The van der Waals surface area contributed by atoms with E-state index in [-0.39, 0.29) is 22.9 Å². The van der Waals surface area contributed by atoms with E-state index in [2.05, 4.69) is 15.0 Å². The van der Waals surface area contributed by atoms with Crippen LogP contribution in [0, 0.1) is 5.82 Å². The first kappa shape index (κ1) is 21.4. The number of rotatable bonds is 8. The summed E-state index contributed by atoms with van der Waals surface area (Å²) in [4.78, 5) is 16.6. The van der Waals surface area contributed by atoms with E-state index >= 15 is 0 Å². The Balaban J connectivity index is 1.81. The largest absolute Gasteiger partial charge is 0.349 e. The zero-order valence-electron chi connectivity index (χ0n) is 15.0. The number of benzene rings is 2. The van der Waals surface area contributed by atoms with Crippen LogP contribution in [-0.2, 0) is 27.8 Å². The van der Waals surface area contributed by atoms with Gasteiger partial charge in [-0.3, -0.25) is 4.79 Å². The van der Waals surface area contributed by atoms with Crippen molar-refractivity contribution < 1.29 is 17.6 Å². The first-order chi connectivity index (χ1) is 13.8. The van der Waals surface area contributed by atoms with Gasteiger partial charge in [-0.2, -0.15) is 4.72 Å². The van der Waals surface area contributed by atoms with E-state index in [4.69, 9.17) is 11.6 Å². The number of carbonyl (C=O) groups excluding carboxylic acids is 1. The molecule has 0 aliphatic carbocycles. The van der Waals surface area contributed by atoms with Gasteiger partial charge >= 0.3 is 0 Å². The van der Waals surface area contributed by atoms with Gasteiger partial charge in [-0.05, 0) is 30.2 Å². The molecule has 1 aromatic heterocycles. The molecule has 0 saturated heterocycles. The Kier molecular flexibility index (Phi) is 6.96. The van der Waals surface area contributed by atoms with Gasteiger partial charge in [-0.1, -0.05) is 41.9 Å². The summed E-state index contributed by atoms with van der Waals surface area (Å²) >= 11 is 7.10. The topological polar surface area (TPSA) is 88.2 Å². The Bertz CT molecular complexity index is 1080. The van der Waals surface area contributed by atoms with E-state index in [0.29, 0.717) is 5.69 Å². The Labute approximate surface area is 176 Å². The fraction of sp³-hybridized carbons (Fsp3) is 0.158. The molecule has 3 aromatic rings. The second-order valence-electron chi connectivity index (χ2n) is 6.14. The molecule has 6 nitrogen and oxygen atoms in total. The summed E-state index contributed by atoms with van der Waals surface area (Å²) in [6.45, 7) is 0.178. The number of thiazole rings is 1. The van der Waals surface area contributed by atoms with Gasteiger partial charge in [-0.15, -0.1) is 11.3 Å². The SMILES string of the molecule is O=C(NCc1cscn1)C(Cc1ccccc1)NS(=O)(=O)c1ccc(F)c(Cl)c1. The molecule has 0 radical (unpaired) electrons. The average molecular weight is 454 g/mol. The van der Waals surface area contributed by atoms with Crippen molar-refractivity contribution in [3.8, 4) is 0 Å². The zero-order valence-corrected chi connectivity index (χ0v) is 17.4. The fourth-order valence-corrected chi connectivity index (χ4v) is 4.59. The lowest BCUT2D eigenvalue weighted by atomic mass is 10.1. The minimum atomic E-state index is -4.11. The minimum absolute atomic E-state index is 0.137. The number of sulfonamides is 1.